The minimum Gasteiger partial charge on any atom is -0.480 e. The highest BCUT2D eigenvalue weighted by Gasteiger charge is 2.21. The van der Waals surface area contributed by atoms with Crippen LogP contribution in [0.2, 0.25) is 10.0 Å². The van der Waals surface area contributed by atoms with Gasteiger partial charge in [0, 0.05) is 10.7 Å². The van der Waals surface area contributed by atoms with Gasteiger partial charge in [-0.25, -0.2) is 8.42 Å². The summed E-state index contributed by atoms with van der Waals surface area (Å²) < 4.78 is 33.7. The van der Waals surface area contributed by atoms with E-state index in [1.807, 2.05) is 39.0 Å². The topological polar surface area (TPSA) is 84.5 Å². The number of benzene rings is 3. The number of aryl methyl sites for hydroxylation is 1. The summed E-state index contributed by atoms with van der Waals surface area (Å²) in [5.74, 6) is 0.338. The van der Waals surface area contributed by atoms with Crippen molar-refractivity contribution < 1.29 is 17.9 Å². The van der Waals surface area contributed by atoms with E-state index >= 15 is 0 Å². The van der Waals surface area contributed by atoms with Crippen molar-refractivity contribution in [3.05, 3.63) is 81.8 Å². The van der Waals surface area contributed by atoms with Gasteiger partial charge < -0.3 is 10.1 Å². The van der Waals surface area contributed by atoms with Gasteiger partial charge in [0.2, 0.25) is 0 Å². The van der Waals surface area contributed by atoms with Crippen LogP contribution in [0.4, 0.5) is 11.4 Å². The lowest BCUT2D eigenvalue weighted by Gasteiger charge is -2.19. The van der Waals surface area contributed by atoms with E-state index in [0.29, 0.717) is 22.9 Å². The highest BCUT2D eigenvalue weighted by atomic mass is 35.5. The number of amides is 1. The molecular formula is C24H24Cl2N2O4S. The van der Waals surface area contributed by atoms with Crippen LogP contribution in [0.3, 0.4) is 0 Å². The van der Waals surface area contributed by atoms with Gasteiger partial charge in [0.15, 0.2) is 6.10 Å². The molecule has 0 fully saturated rings. The number of hydrogen-bond donors (Lipinski definition) is 2. The first-order chi connectivity index (χ1) is 15.6. The van der Waals surface area contributed by atoms with Gasteiger partial charge in [0.1, 0.15) is 5.75 Å². The predicted octanol–water partition coefficient (Wildman–Crippen LogP) is 6.21. The van der Waals surface area contributed by atoms with Gasteiger partial charge in [-0.15, -0.1) is 0 Å². The van der Waals surface area contributed by atoms with Gasteiger partial charge in [0.05, 0.1) is 15.6 Å². The minimum absolute atomic E-state index is 0.0187. The van der Waals surface area contributed by atoms with Crippen LogP contribution in [-0.2, 0) is 14.8 Å². The number of ether oxygens (including phenoxy) is 1. The second-order valence-corrected chi connectivity index (χ2v) is 9.98. The van der Waals surface area contributed by atoms with Gasteiger partial charge in [-0.2, -0.15) is 0 Å². The molecule has 1 amide bonds. The van der Waals surface area contributed by atoms with Crippen molar-refractivity contribution in [2.75, 3.05) is 10.0 Å². The fraction of sp³-hybridized carbons (Fsp3) is 0.208. The molecule has 0 aliphatic heterocycles. The predicted molar refractivity (Wildman–Crippen MR) is 133 cm³/mol. The lowest BCUT2D eigenvalue weighted by Crippen LogP contribution is -2.32. The maximum absolute atomic E-state index is 12.7. The number of rotatable bonds is 8. The van der Waals surface area contributed by atoms with Crippen LogP contribution < -0.4 is 14.8 Å². The average molecular weight is 507 g/mol. The van der Waals surface area contributed by atoms with Crippen molar-refractivity contribution >= 4 is 50.5 Å². The van der Waals surface area contributed by atoms with Crippen LogP contribution in [0.1, 0.15) is 24.5 Å². The average Bonchev–Trinajstić information content (AvgIpc) is 2.77. The number of sulfonamides is 1. The van der Waals surface area contributed by atoms with Gasteiger partial charge in [-0.05, 0) is 79.9 Å². The van der Waals surface area contributed by atoms with Crippen LogP contribution in [-0.4, -0.2) is 20.4 Å². The number of hydrogen-bond acceptors (Lipinski definition) is 4. The Labute approximate surface area is 203 Å². The first-order valence-electron chi connectivity index (χ1n) is 10.2. The molecule has 3 aromatic rings. The molecule has 0 bridgehead atoms. The minimum atomic E-state index is -3.88. The maximum Gasteiger partial charge on any atom is 0.265 e. The SMILES string of the molecule is CC[C@H](Oc1cccc(C)c1C)C(=O)Nc1ccc(S(=O)(=O)Nc2ccc(Cl)cc2Cl)cc1. The molecule has 1 atom stereocenters. The van der Waals surface area contributed by atoms with Crippen LogP contribution in [0.25, 0.3) is 0 Å². The molecule has 0 radical (unpaired) electrons. The molecule has 0 aromatic heterocycles. The summed E-state index contributed by atoms with van der Waals surface area (Å²) in [4.78, 5) is 12.8. The number of anilines is 2. The number of nitrogens with one attached hydrogen (secondary N) is 2. The zero-order valence-corrected chi connectivity index (χ0v) is 20.7. The molecule has 2 N–H and O–H groups in total. The number of carbonyl (C=O) groups is 1. The Morgan fingerprint density at radius 1 is 1.03 bits per heavy atom. The fourth-order valence-electron chi connectivity index (χ4n) is 3.04. The number of carbonyl (C=O) groups excluding carboxylic acids is 1. The van der Waals surface area contributed by atoms with Crippen molar-refractivity contribution in [2.45, 2.75) is 38.2 Å². The molecule has 0 saturated carbocycles. The second kappa shape index (κ2) is 10.5. The quantitative estimate of drug-likeness (QED) is 0.380. The fourth-order valence-corrected chi connectivity index (χ4v) is 4.63. The van der Waals surface area contributed by atoms with Gasteiger partial charge in [0.25, 0.3) is 15.9 Å². The van der Waals surface area contributed by atoms with Crippen molar-refractivity contribution in [1.82, 2.24) is 0 Å². The van der Waals surface area contributed by atoms with Crippen molar-refractivity contribution in [3.63, 3.8) is 0 Å². The molecule has 3 rings (SSSR count). The van der Waals surface area contributed by atoms with E-state index in [1.165, 1.54) is 42.5 Å². The summed E-state index contributed by atoms with van der Waals surface area (Å²) in [5.41, 5.74) is 2.72. The molecule has 0 unspecified atom stereocenters. The molecule has 0 saturated heterocycles. The molecule has 9 heteroatoms. The lowest BCUT2D eigenvalue weighted by molar-refractivity contribution is -0.122. The summed E-state index contributed by atoms with van der Waals surface area (Å²) in [6.07, 6.45) is -0.222. The van der Waals surface area contributed by atoms with Gasteiger partial charge in [-0.3, -0.25) is 9.52 Å². The van der Waals surface area contributed by atoms with Crippen molar-refractivity contribution in [3.8, 4) is 5.75 Å². The van der Waals surface area contributed by atoms with Crippen LogP contribution in [0, 0.1) is 13.8 Å². The van der Waals surface area contributed by atoms with Crippen LogP contribution >= 0.6 is 23.2 Å². The molecule has 0 spiro atoms. The van der Waals surface area contributed by atoms with Crippen LogP contribution in [0.5, 0.6) is 5.75 Å². The summed E-state index contributed by atoms with van der Waals surface area (Å²) in [6.45, 7) is 5.78. The summed E-state index contributed by atoms with van der Waals surface area (Å²) >= 11 is 11.9. The largest absolute Gasteiger partial charge is 0.480 e. The third kappa shape index (κ3) is 6.19. The molecule has 0 heterocycles. The zero-order chi connectivity index (χ0) is 24.2. The van der Waals surface area contributed by atoms with E-state index in [0.717, 1.165) is 11.1 Å². The smallest absolute Gasteiger partial charge is 0.265 e. The lowest BCUT2D eigenvalue weighted by atomic mass is 10.1. The molecule has 0 aliphatic rings. The van der Waals surface area contributed by atoms with E-state index in [4.69, 9.17) is 27.9 Å². The molecular weight excluding hydrogens is 483 g/mol. The maximum atomic E-state index is 12.7. The Kier molecular flexibility index (Phi) is 7.89. The zero-order valence-electron chi connectivity index (χ0n) is 18.4. The van der Waals surface area contributed by atoms with E-state index in [1.54, 1.807) is 0 Å². The third-order valence-electron chi connectivity index (χ3n) is 5.09. The Morgan fingerprint density at radius 3 is 2.36 bits per heavy atom. The highest BCUT2D eigenvalue weighted by molar-refractivity contribution is 7.92. The summed E-state index contributed by atoms with van der Waals surface area (Å²) in [6, 6.07) is 16.0. The molecule has 174 valence electrons. The van der Waals surface area contributed by atoms with E-state index in [-0.39, 0.29) is 21.5 Å². The Morgan fingerprint density at radius 2 is 1.73 bits per heavy atom. The second-order valence-electron chi connectivity index (χ2n) is 7.46. The van der Waals surface area contributed by atoms with Gasteiger partial charge in [-0.1, -0.05) is 42.3 Å². The van der Waals surface area contributed by atoms with E-state index < -0.39 is 16.1 Å². The molecule has 0 aliphatic carbocycles. The molecule has 33 heavy (non-hydrogen) atoms. The van der Waals surface area contributed by atoms with Gasteiger partial charge >= 0.3 is 0 Å². The van der Waals surface area contributed by atoms with Crippen molar-refractivity contribution in [2.24, 2.45) is 0 Å². The normalized spacial score (nSPS) is 12.2. The monoisotopic (exact) mass is 506 g/mol. The van der Waals surface area contributed by atoms with Crippen molar-refractivity contribution in [1.29, 1.82) is 0 Å². The Balaban J connectivity index is 1.70. The Hall–Kier alpha value is -2.74. The summed E-state index contributed by atoms with van der Waals surface area (Å²) in [5, 5.41) is 3.36. The third-order valence-corrected chi connectivity index (χ3v) is 7.02. The first kappa shape index (κ1) is 24.9. The van der Waals surface area contributed by atoms with E-state index in [2.05, 4.69) is 10.0 Å². The molecule has 6 nitrogen and oxygen atoms in total. The molecule has 3 aromatic carbocycles. The first-order valence-corrected chi connectivity index (χ1v) is 12.5. The standard InChI is InChI=1S/C24H24Cl2N2O4S/c1-4-22(32-23-7-5-6-15(2)16(23)3)24(29)27-18-9-11-19(12-10-18)33(30,31)28-21-13-8-17(25)14-20(21)26/h5-14,22,28H,4H2,1-3H3,(H,27,29)/t22-/m0/s1. The van der Waals surface area contributed by atoms with Crippen LogP contribution in [0.15, 0.2) is 65.6 Å². The Bertz CT molecular complexity index is 1260. The summed E-state index contributed by atoms with van der Waals surface area (Å²) in [7, 11) is -3.88. The van der Waals surface area contributed by atoms with E-state index in [9.17, 15) is 13.2 Å². The highest BCUT2D eigenvalue weighted by Crippen LogP contribution is 2.28. The number of halogens is 2.